The van der Waals surface area contributed by atoms with E-state index in [0.29, 0.717) is 17.8 Å². The normalized spacial score (nSPS) is 10.8. The van der Waals surface area contributed by atoms with Crippen molar-refractivity contribution < 1.29 is 4.79 Å². The first-order valence-corrected chi connectivity index (χ1v) is 7.58. The average Bonchev–Trinajstić information content (AvgIpc) is 2.91. The van der Waals surface area contributed by atoms with Crippen molar-refractivity contribution in [2.45, 2.75) is 6.54 Å². The fraction of sp³-hybridized carbons (Fsp3) is 0.125. The molecule has 5 nitrogen and oxygen atoms in total. The first-order valence-electron chi connectivity index (χ1n) is 6.78. The smallest absolute Gasteiger partial charge is 0.256 e. The van der Waals surface area contributed by atoms with Gasteiger partial charge in [0.2, 0.25) is 0 Å². The number of para-hydroxylation sites is 2. The minimum Gasteiger partial charge on any atom is -0.398 e. The van der Waals surface area contributed by atoms with Gasteiger partial charge >= 0.3 is 0 Å². The molecule has 0 fully saturated rings. The minimum absolute atomic E-state index is 0.140. The van der Waals surface area contributed by atoms with Crippen molar-refractivity contribution in [2.24, 2.45) is 0 Å². The van der Waals surface area contributed by atoms with E-state index in [9.17, 15) is 4.79 Å². The SMILES string of the molecule is CN(Cc1nc2ccccc2[nH]1)C(=O)c1cc(Br)ccc1N. The van der Waals surface area contributed by atoms with E-state index in [-0.39, 0.29) is 5.91 Å². The molecule has 3 N–H and O–H groups in total. The zero-order chi connectivity index (χ0) is 15.7. The Morgan fingerprint density at radius 2 is 2.09 bits per heavy atom. The quantitative estimate of drug-likeness (QED) is 0.706. The molecule has 22 heavy (non-hydrogen) atoms. The lowest BCUT2D eigenvalue weighted by molar-refractivity contribution is 0.0783. The number of aromatic amines is 1. The fourth-order valence-corrected chi connectivity index (χ4v) is 2.66. The Bertz CT molecular complexity index is 810. The molecule has 1 heterocycles. The highest BCUT2D eigenvalue weighted by atomic mass is 79.9. The summed E-state index contributed by atoms with van der Waals surface area (Å²) in [7, 11) is 1.73. The van der Waals surface area contributed by atoms with Crippen LogP contribution in [0.25, 0.3) is 11.0 Å². The predicted octanol–water partition coefficient (Wildman–Crippen LogP) is 3.18. The number of H-pyrrole nitrogens is 1. The van der Waals surface area contributed by atoms with E-state index in [1.165, 1.54) is 0 Å². The Hall–Kier alpha value is -2.34. The van der Waals surface area contributed by atoms with Gasteiger partial charge in [-0.15, -0.1) is 0 Å². The number of rotatable bonds is 3. The minimum atomic E-state index is -0.140. The van der Waals surface area contributed by atoms with Crippen molar-refractivity contribution in [2.75, 3.05) is 12.8 Å². The van der Waals surface area contributed by atoms with Gasteiger partial charge in [0.1, 0.15) is 5.82 Å². The Balaban J connectivity index is 1.82. The lowest BCUT2D eigenvalue weighted by Crippen LogP contribution is -2.27. The number of benzene rings is 2. The number of carbonyl (C=O) groups excluding carboxylic acids is 1. The summed E-state index contributed by atoms with van der Waals surface area (Å²) < 4.78 is 0.821. The molecule has 6 heteroatoms. The zero-order valence-corrected chi connectivity index (χ0v) is 13.6. The van der Waals surface area contributed by atoms with E-state index in [4.69, 9.17) is 5.73 Å². The van der Waals surface area contributed by atoms with Gasteiger partial charge in [0.05, 0.1) is 23.1 Å². The molecule has 2 aromatic carbocycles. The Labute approximate surface area is 136 Å². The third-order valence-corrected chi connectivity index (χ3v) is 3.91. The fourth-order valence-electron chi connectivity index (χ4n) is 2.30. The largest absolute Gasteiger partial charge is 0.398 e. The second kappa shape index (κ2) is 5.81. The molecule has 112 valence electrons. The molecule has 0 radical (unpaired) electrons. The summed E-state index contributed by atoms with van der Waals surface area (Å²) in [5.41, 5.74) is 8.68. The van der Waals surface area contributed by atoms with Crippen molar-refractivity contribution in [3.8, 4) is 0 Å². The van der Waals surface area contributed by atoms with Crippen LogP contribution in [0.4, 0.5) is 5.69 Å². The Kier molecular flexibility index (Phi) is 3.85. The summed E-state index contributed by atoms with van der Waals surface area (Å²) in [4.78, 5) is 21.8. The summed E-state index contributed by atoms with van der Waals surface area (Å²) >= 11 is 3.36. The topological polar surface area (TPSA) is 75.0 Å². The van der Waals surface area contributed by atoms with Crippen molar-refractivity contribution >= 4 is 38.6 Å². The summed E-state index contributed by atoms with van der Waals surface area (Å²) in [6, 6.07) is 13.0. The van der Waals surface area contributed by atoms with Crippen LogP contribution in [0.3, 0.4) is 0 Å². The number of nitrogen functional groups attached to an aromatic ring is 1. The monoisotopic (exact) mass is 358 g/mol. The number of hydrogen-bond acceptors (Lipinski definition) is 3. The van der Waals surface area contributed by atoms with Crippen LogP contribution in [0.15, 0.2) is 46.9 Å². The molecule has 3 aromatic rings. The van der Waals surface area contributed by atoms with Gasteiger partial charge < -0.3 is 15.6 Å². The molecule has 0 bridgehead atoms. The molecule has 0 unspecified atom stereocenters. The number of carbonyl (C=O) groups is 1. The molecule has 0 saturated carbocycles. The van der Waals surface area contributed by atoms with Gasteiger partial charge in [-0.3, -0.25) is 4.79 Å². The molecule has 0 atom stereocenters. The number of aromatic nitrogens is 2. The number of nitrogens with two attached hydrogens (primary N) is 1. The molecule has 0 aliphatic rings. The third kappa shape index (κ3) is 2.82. The van der Waals surface area contributed by atoms with Crippen LogP contribution in [0.2, 0.25) is 0 Å². The average molecular weight is 359 g/mol. The highest BCUT2D eigenvalue weighted by Gasteiger charge is 2.16. The second-order valence-electron chi connectivity index (χ2n) is 5.09. The standard InChI is InChI=1S/C16H15BrN4O/c1-21(16(22)11-8-10(17)6-7-12(11)18)9-15-19-13-4-2-3-5-14(13)20-15/h2-8H,9,18H2,1H3,(H,19,20). The summed E-state index contributed by atoms with van der Waals surface area (Å²) in [6.07, 6.45) is 0. The number of halogens is 1. The molecular weight excluding hydrogens is 344 g/mol. The number of nitrogens with one attached hydrogen (secondary N) is 1. The number of amides is 1. The second-order valence-corrected chi connectivity index (χ2v) is 6.01. The van der Waals surface area contributed by atoms with Crippen molar-refractivity contribution in [3.05, 3.63) is 58.3 Å². The van der Waals surface area contributed by atoms with E-state index in [0.717, 1.165) is 21.3 Å². The lowest BCUT2D eigenvalue weighted by Gasteiger charge is -2.17. The number of nitrogens with zero attached hydrogens (tertiary/aromatic N) is 2. The van der Waals surface area contributed by atoms with Crippen LogP contribution < -0.4 is 5.73 Å². The van der Waals surface area contributed by atoms with Crippen LogP contribution in [0.5, 0.6) is 0 Å². The van der Waals surface area contributed by atoms with Crippen LogP contribution >= 0.6 is 15.9 Å². The molecule has 0 aliphatic heterocycles. The van der Waals surface area contributed by atoms with Crippen LogP contribution in [-0.4, -0.2) is 27.8 Å². The maximum atomic E-state index is 12.5. The molecule has 1 aromatic heterocycles. The first-order chi connectivity index (χ1) is 10.5. The van der Waals surface area contributed by atoms with Gasteiger partial charge in [-0.25, -0.2) is 4.98 Å². The molecule has 3 rings (SSSR count). The maximum Gasteiger partial charge on any atom is 0.256 e. The zero-order valence-electron chi connectivity index (χ0n) is 12.0. The van der Waals surface area contributed by atoms with E-state index in [1.807, 2.05) is 30.3 Å². The Morgan fingerprint density at radius 1 is 1.32 bits per heavy atom. The highest BCUT2D eigenvalue weighted by molar-refractivity contribution is 9.10. The molecule has 1 amide bonds. The number of imidazole rings is 1. The number of anilines is 1. The van der Waals surface area contributed by atoms with E-state index in [1.54, 1.807) is 24.1 Å². The van der Waals surface area contributed by atoms with Crippen LogP contribution in [0.1, 0.15) is 16.2 Å². The van der Waals surface area contributed by atoms with Gasteiger partial charge in [0.25, 0.3) is 5.91 Å². The summed E-state index contributed by atoms with van der Waals surface area (Å²) in [5, 5.41) is 0. The van der Waals surface area contributed by atoms with Crippen molar-refractivity contribution in [1.82, 2.24) is 14.9 Å². The van der Waals surface area contributed by atoms with Gasteiger partial charge in [-0.1, -0.05) is 28.1 Å². The highest BCUT2D eigenvalue weighted by Crippen LogP contribution is 2.20. The summed E-state index contributed by atoms with van der Waals surface area (Å²) in [5.74, 6) is 0.602. The van der Waals surface area contributed by atoms with Gasteiger partial charge in [0, 0.05) is 17.2 Å². The predicted molar refractivity (Wildman–Crippen MR) is 90.4 cm³/mol. The molecule has 0 spiro atoms. The first kappa shape index (κ1) is 14.6. The third-order valence-electron chi connectivity index (χ3n) is 3.42. The lowest BCUT2D eigenvalue weighted by atomic mass is 10.1. The van der Waals surface area contributed by atoms with E-state index in [2.05, 4.69) is 25.9 Å². The number of fused-ring (bicyclic) bond motifs is 1. The Morgan fingerprint density at radius 3 is 2.86 bits per heavy atom. The van der Waals surface area contributed by atoms with E-state index < -0.39 is 0 Å². The van der Waals surface area contributed by atoms with Crippen LogP contribution in [0, 0.1) is 0 Å². The molecule has 0 saturated heterocycles. The van der Waals surface area contributed by atoms with Gasteiger partial charge in [-0.05, 0) is 30.3 Å². The van der Waals surface area contributed by atoms with Gasteiger partial charge in [0.15, 0.2) is 0 Å². The van der Waals surface area contributed by atoms with Crippen molar-refractivity contribution in [3.63, 3.8) is 0 Å². The number of hydrogen-bond donors (Lipinski definition) is 2. The maximum absolute atomic E-state index is 12.5. The molecule has 0 aliphatic carbocycles. The summed E-state index contributed by atoms with van der Waals surface area (Å²) in [6.45, 7) is 0.388. The van der Waals surface area contributed by atoms with Crippen molar-refractivity contribution in [1.29, 1.82) is 0 Å². The van der Waals surface area contributed by atoms with Crippen LogP contribution in [-0.2, 0) is 6.54 Å². The van der Waals surface area contributed by atoms with Gasteiger partial charge in [-0.2, -0.15) is 0 Å². The van der Waals surface area contributed by atoms with E-state index >= 15 is 0 Å². The molecular formula is C16H15BrN4O.